The summed E-state index contributed by atoms with van der Waals surface area (Å²) < 4.78 is 27.4. The molecule has 0 unspecified atom stereocenters. The van der Waals surface area contributed by atoms with E-state index in [1.165, 1.54) is 18.2 Å². The third kappa shape index (κ3) is 3.34. The molecule has 21 heavy (non-hydrogen) atoms. The standard InChI is InChI=1S/C14H16F2N2O2S/c1-8(12-10(15)4-3-5-11(12)16)21-9(2)13(19)18-7-6-17-14(18)20/h3-5,8-9H,6-7H2,1-2H3,(H,17,20)/t8-,9+/m0/s1. The Balaban J connectivity index is 2.07. The van der Waals surface area contributed by atoms with E-state index >= 15 is 0 Å². The summed E-state index contributed by atoms with van der Waals surface area (Å²) in [5.74, 6) is -1.61. The fourth-order valence-electron chi connectivity index (χ4n) is 2.23. The molecule has 1 aliphatic rings. The van der Waals surface area contributed by atoms with Crippen molar-refractivity contribution in [3.63, 3.8) is 0 Å². The van der Waals surface area contributed by atoms with Gasteiger partial charge >= 0.3 is 6.03 Å². The number of nitrogens with one attached hydrogen (secondary N) is 1. The third-order valence-corrected chi connectivity index (χ3v) is 4.54. The summed E-state index contributed by atoms with van der Waals surface area (Å²) in [6.45, 7) is 4.03. The van der Waals surface area contributed by atoms with Gasteiger partial charge in [0.25, 0.3) is 0 Å². The summed E-state index contributed by atoms with van der Waals surface area (Å²) in [6, 6.07) is 3.26. The molecule has 1 aromatic rings. The Morgan fingerprint density at radius 3 is 2.48 bits per heavy atom. The number of carbonyl (C=O) groups excluding carboxylic acids is 2. The fraction of sp³-hybridized carbons (Fsp3) is 0.429. The fourth-order valence-corrected chi connectivity index (χ4v) is 3.45. The van der Waals surface area contributed by atoms with Gasteiger partial charge in [0.15, 0.2) is 0 Å². The van der Waals surface area contributed by atoms with Gasteiger partial charge in [-0.15, -0.1) is 11.8 Å². The highest BCUT2D eigenvalue weighted by atomic mass is 32.2. The normalized spacial score (nSPS) is 17.5. The number of rotatable bonds is 4. The number of imide groups is 1. The molecular formula is C14H16F2N2O2S. The maximum absolute atomic E-state index is 13.7. The van der Waals surface area contributed by atoms with Crippen molar-refractivity contribution in [2.24, 2.45) is 0 Å². The van der Waals surface area contributed by atoms with E-state index in [9.17, 15) is 18.4 Å². The summed E-state index contributed by atoms with van der Waals surface area (Å²) >= 11 is 1.13. The maximum Gasteiger partial charge on any atom is 0.324 e. The SMILES string of the molecule is C[C@H](S[C@H](C)C(=O)N1CCNC1=O)c1c(F)cccc1F. The van der Waals surface area contributed by atoms with Crippen molar-refractivity contribution in [1.82, 2.24) is 10.2 Å². The van der Waals surface area contributed by atoms with Gasteiger partial charge in [-0.1, -0.05) is 6.07 Å². The predicted molar refractivity (Wildman–Crippen MR) is 76.9 cm³/mol. The minimum absolute atomic E-state index is 0.0481. The van der Waals surface area contributed by atoms with Crippen LogP contribution in [0.5, 0.6) is 0 Å². The average molecular weight is 314 g/mol. The number of urea groups is 1. The van der Waals surface area contributed by atoms with Gasteiger partial charge < -0.3 is 5.32 Å². The minimum Gasteiger partial charge on any atom is -0.336 e. The number of amides is 3. The zero-order valence-electron chi connectivity index (χ0n) is 11.7. The van der Waals surface area contributed by atoms with E-state index in [4.69, 9.17) is 0 Å². The van der Waals surface area contributed by atoms with Crippen molar-refractivity contribution in [2.75, 3.05) is 13.1 Å². The lowest BCUT2D eigenvalue weighted by Crippen LogP contribution is -2.39. The van der Waals surface area contributed by atoms with Crippen LogP contribution in [-0.4, -0.2) is 35.2 Å². The second-order valence-corrected chi connectivity index (χ2v) is 6.46. The average Bonchev–Trinajstić information content (AvgIpc) is 2.83. The van der Waals surface area contributed by atoms with Gasteiger partial charge in [-0.3, -0.25) is 9.69 Å². The Morgan fingerprint density at radius 1 is 1.33 bits per heavy atom. The number of thioether (sulfide) groups is 1. The zero-order chi connectivity index (χ0) is 15.6. The molecule has 7 heteroatoms. The first kappa shape index (κ1) is 15.8. The molecule has 1 aromatic carbocycles. The first-order valence-corrected chi connectivity index (χ1v) is 7.54. The summed E-state index contributed by atoms with van der Waals surface area (Å²) in [6.07, 6.45) is 0. The van der Waals surface area contributed by atoms with Crippen molar-refractivity contribution in [2.45, 2.75) is 24.3 Å². The van der Waals surface area contributed by atoms with Crippen LogP contribution in [0.3, 0.4) is 0 Å². The van der Waals surface area contributed by atoms with Crippen LogP contribution >= 0.6 is 11.8 Å². The Labute approximate surface area is 125 Å². The number of hydrogen-bond donors (Lipinski definition) is 1. The smallest absolute Gasteiger partial charge is 0.324 e. The van der Waals surface area contributed by atoms with Gasteiger partial charge in [0.2, 0.25) is 5.91 Å². The second kappa shape index (κ2) is 6.43. The van der Waals surface area contributed by atoms with E-state index in [0.29, 0.717) is 13.1 Å². The van der Waals surface area contributed by atoms with Gasteiger partial charge in [-0.25, -0.2) is 13.6 Å². The molecule has 4 nitrogen and oxygen atoms in total. The quantitative estimate of drug-likeness (QED) is 0.929. The van der Waals surface area contributed by atoms with Gasteiger partial charge in [0.1, 0.15) is 11.6 Å². The molecule has 1 N–H and O–H groups in total. The Hall–Kier alpha value is -1.63. The molecule has 0 aliphatic carbocycles. The predicted octanol–water partition coefficient (Wildman–Crippen LogP) is 2.70. The first-order valence-electron chi connectivity index (χ1n) is 6.60. The molecule has 114 valence electrons. The lowest BCUT2D eigenvalue weighted by Gasteiger charge is -2.21. The number of benzene rings is 1. The van der Waals surface area contributed by atoms with E-state index in [0.717, 1.165) is 16.7 Å². The molecule has 1 fully saturated rings. The van der Waals surface area contributed by atoms with E-state index in [2.05, 4.69) is 5.32 Å². The first-order chi connectivity index (χ1) is 9.91. The van der Waals surface area contributed by atoms with Crippen LogP contribution in [0.4, 0.5) is 13.6 Å². The molecule has 1 aliphatic heterocycles. The monoisotopic (exact) mass is 314 g/mol. The summed E-state index contributed by atoms with van der Waals surface area (Å²) in [4.78, 5) is 24.7. The van der Waals surface area contributed by atoms with Crippen LogP contribution in [0.1, 0.15) is 24.7 Å². The molecule has 0 aromatic heterocycles. The lowest BCUT2D eigenvalue weighted by atomic mass is 10.1. The number of nitrogens with zero attached hydrogens (tertiary/aromatic N) is 1. The van der Waals surface area contributed by atoms with E-state index in [-0.39, 0.29) is 11.5 Å². The van der Waals surface area contributed by atoms with Crippen LogP contribution in [0.25, 0.3) is 0 Å². The van der Waals surface area contributed by atoms with Gasteiger partial charge in [-0.05, 0) is 26.0 Å². The van der Waals surface area contributed by atoms with Crippen LogP contribution in [-0.2, 0) is 4.79 Å². The van der Waals surface area contributed by atoms with Crippen molar-refractivity contribution >= 4 is 23.7 Å². The number of hydrogen-bond acceptors (Lipinski definition) is 3. The molecule has 3 amide bonds. The van der Waals surface area contributed by atoms with Gasteiger partial charge in [0.05, 0.1) is 5.25 Å². The number of carbonyl (C=O) groups is 2. The molecule has 2 atom stereocenters. The van der Waals surface area contributed by atoms with E-state index < -0.39 is 28.2 Å². The van der Waals surface area contributed by atoms with Crippen LogP contribution in [0, 0.1) is 11.6 Å². The molecular weight excluding hydrogens is 298 g/mol. The highest BCUT2D eigenvalue weighted by Crippen LogP contribution is 2.35. The second-order valence-electron chi connectivity index (χ2n) is 4.78. The molecule has 2 rings (SSSR count). The molecule has 0 saturated carbocycles. The molecule has 1 saturated heterocycles. The lowest BCUT2D eigenvalue weighted by molar-refractivity contribution is -0.126. The molecule has 0 spiro atoms. The van der Waals surface area contributed by atoms with Crippen LogP contribution < -0.4 is 5.32 Å². The van der Waals surface area contributed by atoms with Crippen molar-refractivity contribution in [3.8, 4) is 0 Å². The Bertz CT molecular complexity index is 548. The largest absolute Gasteiger partial charge is 0.336 e. The molecule has 0 radical (unpaired) electrons. The molecule has 0 bridgehead atoms. The molecule has 1 heterocycles. The van der Waals surface area contributed by atoms with E-state index in [1.807, 2.05) is 0 Å². The minimum atomic E-state index is -0.631. The highest BCUT2D eigenvalue weighted by molar-refractivity contribution is 8.00. The van der Waals surface area contributed by atoms with Gasteiger partial charge in [-0.2, -0.15) is 0 Å². The van der Waals surface area contributed by atoms with Gasteiger partial charge in [0, 0.05) is 23.9 Å². The Kier molecular flexibility index (Phi) is 4.82. The van der Waals surface area contributed by atoms with Crippen LogP contribution in [0.15, 0.2) is 18.2 Å². The third-order valence-electron chi connectivity index (χ3n) is 3.29. The van der Waals surface area contributed by atoms with Crippen molar-refractivity contribution < 1.29 is 18.4 Å². The maximum atomic E-state index is 13.7. The summed E-state index contributed by atoms with van der Waals surface area (Å²) in [5, 5.41) is 1.45. The van der Waals surface area contributed by atoms with Crippen molar-refractivity contribution in [3.05, 3.63) is 35.4 Å². The highest BCUT2D eigenvalue weighted by Gasteiger charge is 2.31. The summed E-state index contributed by atoms with van der Waals surface area (Å²) in [5.41, 5.74) is -0.0481. The van der Waals surface area contributed by atoms with E-state index in [1.54, 1.807) is 13.8 Å². The summed E-state index contributed by atoms with van der Waals surface area (Å²) in [7, 11) is 0. The Morgan fingerprint density at radius 2 is 1.95 bits per heavy atom. The van der Waals surface area contributed by atoms with Crippen LogP contribution in [0.2, 0.25) is 0 Å². The number of halogens is 2. The zero-order valence-corrected chi connectivity index (χ0v) is 12.5. The topological polar surface area (TPSA) is 49.4 Å². The van der Waals surface area contributed by atoms with Crippen molar-refractivity contribution in [1.29, 1.82) is 0 Å².